The molecule has 0 aliphatic carbocycles. The number of aromatic amines is 1. The van der Waals surface area contributed by atoms with Crippen LogP contribution in [0.25, 0.3) is 10.2 Å². The van der Waals surface area contributed by atoms with Crippen molar-refractivity contribution in [2.45, 2.75) is 13.1 Å². The van der Waals surface area contributed by atoms with E-state index >= 15 is 0 Å². The molecule has 0 bridgehead atoms. The number of anilines is 1. The number of carbonyl (C=O) groups is 1. The monoisotopic (exact) mass is 383 g/mol. The van der Waals surface area contributed by atoms with E-state index in [2.05, 4.69) is 10.3 Å². The van der Waals surface area contributed by atoms with Crippen LogP contribution in [0.5, 0.6) is 5.75 Å². The van der Waals surface area contributed by atoms with Gasteiger partial charge in [-0.3, -0.25) is 9.59 Å². The molecule has 0 radical (unpaired) electrons. The van der Waals surface area contributed by atoms with Crippen LogP contribution in [0, 0.1) is 6.92 Å². The van der Waals surface area contributed by atoms with E-state index in [-0.39, 0.29) is 20.7 Å². The Morgan fingerprint density at radius 3 is 2.50 bits per heavy atom. The molecule has 1 aromatic carbocycles. The van der Waals surface area contributed by atoms with E-state index in [1.165, 1.54) is 14.0 Å². The summed E-state index contributed by atoms with van der Waals surface area (Å²) >= 11 is 0.795. The zero-order valence-electron chi connectivity index (χ0n) is 13.5. The molecule has 26 heavy (non-hydrogen) atoms. The van der Waals surface area contributed by atoms with Gasteiger partial charge in [-0.2, -0.15) is 13.2 Å². The number of amides is 1. The van der Waals surface area contributed by atoms with Crippen LogP contribution >= 0.6 is 11.3 Å². The Balaban J connectivity index is 1.99. The number of ether oxygens (including phenoxy) is 1. The van der Waals surface area contributed by atoms with E-state index in [0.29, 0.717) is 11.4 Å². The Hall–Kier alpha value is -2.88. The fourth-order valence-electron chi connectivity index (χ4n) is 2.31. The Morgan fingerprint density at radius 1 is 1.27 bits per heavy atom. The second-order valence-electron chi connectivity index (χ2n) is 5.33. The first-order valence-corrected chi connectivity index (χ1v) is 8.08. The van der Waals surface area contributed by atoms with E-state index in [0.717, 1.165) is 11.3 Å². The summed E-state index contributed by atoms with van der Waals surface area (Å²) in [6.07, 6.45) is -4.78. The van der Waals surface area contributed by atoms with Crippen LogP contribution in [0.1, 0.15) is 21.1 Å². The zero-order chi connectivity index (χ0) is 19.1. The van der Waals surface area contributed by atoms with Crippen molar-refractivity contribution < 1.29 is 22.7 Å². The first kappa shape index (κ1) is 17.9. The highest BCUT2D eigenvalue weighted by molar-refractivity contribution is 7.21. The van der Waals surface area contributed by atoms with Gasteiger partial charge in [-0.15, -0.1) is 11.3 Å². The van der Waals surface area contributed by atoms with Crippen molar-refractivity contribution in [2.75, 3.05) is 12.4 Å². The van der Waals surface area contributed by atoms with Crippen LogP contribution in [0.3, 0.4) is 0 Å². The molecule has 6 nitrogen and oxygen atoms in total. The van der Waals surface area contributed by atoms with E-state index in [4.69, 9.17) is 4.74 Å². The number of methoxy groups -OCH3 is 1. The van der Waals surface area contributed by atoms with Crippen molar-refractivity contribution in [1.82, 2.24) is 9.97 Å². The minimum Gasteiger partial charge on any atom is -0.497 e. The van der Waals surface area contributed by atoms with Gasteiger partial charge in [0.1, 0.15) is 10.4 Å². The predicted molar refractivity (Wildman–Crippen MR) is 90.9 cm³/mol. The third-order valence-electron chi connectivity index (χ3n) is 3.60. The lowest BCUT2D eigenvalue weighted by molar-refractivity contribution is -0.144. The number of aryl methyl sites for hydroxylation is 1. The van der Waals surface area contributed by atoms with Crippen LogP contribution in [0.4, 0.5) is 18.9 Å². The molecule has 3 rings (SSSR count). The highest BCUT2D eigenvalue weighted by atomic mass is 32.1. The number of hydrogen-bond acceptors (Lipinski definition) is 5. The molecule has 3 aromatic rings. The van der Waals surface area contributed by atoms with Crippen molar-refractivity contribution in [1.29, 1.82) is 0 Å². The maximum Gasteiger partial charge on any atom is 0.449 e. The van der Waals surface area contributed by atoms with E-state index in [1.54, 1.807) is 29.2 Å². The minimum atomic E-state index is -4.78. The third-order valence-corrected chi connectivity index (χ3v) is 4.88. The highest BCUT2D eigenvalue weighted by Gasteiger charge is 2.35. The number of nitrogens with zero attached hydrogens (tertiary/aromatic N) is 1. The number of rotatable bonds is 3. The van der Waals surface area contributed by atoms with Gasteiger partial charge in [0.25, 0.3) is 11.5 Å². The number of H-pyrrole nitrogens is 1. The third kappa shape index (κ3) is 3.27. The zero-order valence-corrected chi connectivity index (χ0v) is 14.3. The van der Waals surface area contributed by atoms with Crippen molar-refractivity contribution in [3.63, 3.8) is 0 Å². The number of carbonyl (C=O) groups excluding carboxylic acids is 1. The lowest BCUT2D eigenvalue weighted by Crippen LogP contribution is -2.18. The fraction of sp³-hybridized carbons (Fsp3) is 0.188. The van der Waals surface area contributed by atoms with Gasteiger partial charge >= 0.3 is 6.18 Å². The Labute approximate surface area is 148 Å². The van der Waals surface area contributed by atoms with E-state index in [1.807, 2.05) is 0 Å². The van der Waals surface area contributed by atoms with Crippen molar-refractivity contribution in [2.24, 2.45) is 0 Å². The van der Waals surface area contributed by atoms with Crippen molar-refractivity contribution >= 4 is 33.1 Å². The van der Waals surface area contributed by atoms with Crippen LogP contribution in [0.15, 0.2) is 29.1 Å². The number of thiophene rings is 1. The Kier molecular flexibility index (Phi) is 4.45. The maximum atomic E-state index is 12.8. The number of halogens is 3. The minimum absolute atomic E-state index is 0.0321. The van der Waals surface area contributed by atoms with Gasteiger partial charge in [0, 0.05) is 5.69 Å². The molecule has 10 heteroatoms. The lowest BCUT2D eigenvalue weighted by atomic mass is 10.2. The largest absolute Gasteiger partial charge is 0.497 e. The summed E-state index contributed by atoms with van der Waals surface area (Å²) in [6, 6.07) is 6.53. The van der Waals surface area contributed by atoms with Crippen LogP contribution in [0.2, 0.25) is 0 Å². The quantitative estimate of drug-likeness (QED) is 0.724. The molecule has 0 unspecified atom stereocenters. The van der Waals surface area contributed by atoms with Crippen molar-refractivity contribution in [3.8, 4) is 5.75 Å². The number of benzene rings is 1. The van der Waals surface area contributed by atoms with Gasteiger partial charge in [0.05, 0.1) is 17.5 Å². The molecule has 0 fully saturated rings. The standard InChI is InChI=1S/C16H12F3N3O3S/c1-7-10-12(14(24)22-15(21-10)16(17,18)19)26-11(7)13(23)20-8-3-5-9(25-2)6-4-8/h3-6H,1-2H3,(H,20,23)(H,21,22,24). The molecule has 136 valence electrons. The van der Waals surface area contributed by atoms with Crippen LogP contribution in [-0.2, 0) is 6.18 Å². The summed E-state index contributed by atoms with van der Waals surface area (Å²) < 4.78 is 43.5. The molecule has 2 heterocycles. The number of nitrogens with one attached hydrogen (secondary N) is 2. The summed E-state index contributed by atoms with van der Waals surface area (Å²) in [5, 5.41) is 2.63. The average Bonchev–Trinajstić information content (AvgIpc) is 2.92. The molecule has 1 amide bonds. The Bertz CT molecular complexity index is 1040. The van der Waals surface area contributed by atoms with Gasteiger partial charge in [-0.25, -0.2) is 4.98 Å². The SMILES string of the molecule is COc1ccc(NC(=O)c2sc3c(=O)[nH]c(C(F)(F)F)nc3c2C)cc1. The maximum absolute atomic E-state index is 12.8. The number of alkyl halides is 3. The Morgan fingerprint density at radius 2 is 1.92 bits per heavy atom. The summed E-state index contributed by atoms with van der Waals surface area (Å²) in [5.41, 5.74) is -0.372. The first-order valence-electron chi connectivity index (χ1n) is 7.26. The molecule has 0 saturated heterocycles. The van der Waals surface area contributed by atoms with Crippen LogP contribution < -0.4 is 15.6 Å². The molecule has 0 saturated carbocycles. The second kappa shape index (κ2) is 6.45. The van der Waals surface area contributed by atoms with Crippen LogP contribution in [-0.4, -0.2) is 23.0 Å². The van der Waals surface area contributed by atoms with Gasteiger partial charge in [-0.1, -0.05) is 0 Å². The second-order valence-corrected chi connectivity index (χ2v) is 6.35. The summed E-state index contributed by atoms with van der Waals surface area (Å²) in [5.74, 6) is -1.32. The van der Waals surface area contributed by atoms with Gasteiger partial charge < -0.3 is 15.0 Å². The summed E-state index contributed by atoms with van der Waals surface area (Å²) in [4.78, 5) is 29.7. The smallest absolute Gasteiger partial charge is 0.449 e. The topological polar surface area (TPSA) is 84.1 Å². The van der Waals surface area contributed by atoms with Crippen molar-refractivity contribution in [3.05, 3.63) is 50.9 Å². The normalized spacial score (nSPS) is 11.6. The molecule has 2 N–H and O–H groups in total. The lowest BCUT2D eigenvalue weighted by Gasteiger charge is -2.06. The number of hydrogen-bond donors (Lipinski definition) is 2. The average molecular weight is 383 g/mol. The number of fused-ring (bicyclic) bond motifs is 1. The van der Waals surface area contributed by atoms with Gasteiger partial charge in [-0.05, 0) is 36.8 Å². The molecule has 0 spiro atoms. The molecule has 0 aliphatic heterocycles. The molecular formula is C16H12F3N3O3S. The first-order chi connectivity index (χ1) is 12.2. The molecule has 0 atom stereocenters. The molecule has 0 aliphatic rings. The molecule has 2 aromatic heterocycles. The predicted octanol–water partition coefficient (Wildman–Crippen LogP) is 3.57. The molecular weight excluding hydrogens is 371 g/mol. The van der Waals surface area contributed by atoms with Gasteiger partial charge in [0.15, 0.2) is 0 Å². The van der Waals surface area contributed by atoms with E-state index in [9.17, 15) is 22.8 Å². The van der Waals surface area contributed by atoms with E-state index < -0.39 is 23.5 Å². The summed E-state index contributed by atoms with van der Waals surface area (Å²) in [7, 11) is 1.51. The fourth-order valence-corrected chi connectivity index (χ4v) is 3.35. The highest BCUT2D eigenvalue weighted by Crippen LogP contribution is 2.31. The number of aromatic nitrogens is 2. The van der Waals surface area contributed by atoms with Gasteiger partial charge in [0.2, 0.25) is 5.82 Å². The summed E-state index contributed by atoms with van der Waals surface area (Å²) in [6.45, 7) is 1.45.